The largest absolute Gasteiger partial charge is 0.486 e. The Morgan fingerprint density at radius 2 is 2.21 bits per heavy atom. The third-order valence-corrected chi connectivity index (χ3v) is 1.92. The van der Waals surface area contributed by atoms with Crippen LogP contribution in [0.5, 0.6) is 5.75 Å². The molecular formula is C11H16N2O. The van der Waals surface area contributed by atoms with Crippen molar-refractivity contribution in [1.29, 1.82) is 5.41 Å². The molecule has 1 aromatic carbocycles. The summed E-state index contributed by atoms with van der Waals surface area (Å²) in [4.78, 5) is 0. The smallest absolute Gasteiger partial charge is 0.145 e. The van der Waals surface area contributed by atoms with Gasteiger partial charge >= 0.3 is 0 Å². The van der Waals surface area contributed by atoms with Crippen molar-refractivity contribution in [3.8, 4) is 5.75 Å². The van der Waals surface area contributed by atoms with Gasteiger partial charge in [-0.05, 0) is 23.6 Å². The first-order valence-corrected chi connectivity index (χ1v) is 4.65. The maximum absolute atomic E-state index is 7.03. The van der Waals surface area contributed by atoms with Gasteiger partial charge in [-0.15, -0.1) is 0 Å². The fourth-order valence-electron chi connectivity index (χ4n) is 1.12. The Morgan fingerprint density at radius 3 is 2.79 bits per heavy atom. The van der Waals surface area contributed by atoms with Crippen molar-refractivity contribution in [2.45, 2.75) is 19.8 Å². The van der Waals surface area contributed by atoms with Crippen LogP contribution in [-0.4, -0.2) is 12.4 Å². The Bertz CT molecular complexity index is 321. The van der Waals surface area contributed by atoms with Crippen molar-refractivity contribution in [3.05, 3.63) is 29.8 Å². The first-order chi connectivity index (χ1) is 6.59. The van der Waals surface area contributed by atoms with Crippen LogP contribution in [0.3, 0.4) is 0 Å². The highest BCUT2D eigenvalue weighted by molar-refractivity contribution is 5.78. The molecule has 76 valence electrons. The van der Waals surface area contributed by atoms with E-state index >= 15 is 0 Å². The van der Waals surface area contributed by atoms with Crippen molar-refractivity contribution >= 4 is 5.84 Å². The van der Waals surface area contributed by atoms with Crippen LogP contribution in [0.25, 0.3) is 0 Å². The first kappa shape index (κ1) is 10.6. The van der Waals surface area contributed by atoms with Crippen LogP contribution >= 0.6 is 0 Å². The lowest BCUT2D eigenvalue weighted by Gasteiger charge is -2.09. The van der Waals surface area contributed by atoms with Gasteiger partial charge in [0.2, 0.25) is 0 Å². The third-order valence-electron chi connectivity index (χ3n) is 1.92. The fraction of sp³-hybridized carbons (Fsp3) is 0.364. The van der Waals surface area contributed by atoms with Crippen LogP contribution in [0.4, 0.5) is 0 Å². The maximum Gasteiger partial charge on any atom is 0.145 e. The van der Waals surface area contributed by atoms with E-state index in [0.717, 1.165) is 5.75 Å². The topological polar surface area (TPSA) is 59.1 Å². The second kappa shape index (κ2) is 4.65. The number of nitrogens with one attached hydrogen (secondary N) is 1. The van der Waals surface area contributed by atoms with Gasteiger partial charge in [0.25, 0.3) is 0 Å². The number of benzene rings is 1. The van der Waals surface area contributed by atoms with Gasteiger partial charge in [0.05, 0.1) is 0 Å². The number of amidine groups is 1. The Balaban J connectivity index is 2.68. The van der Waals surface area contributed by atoms with Gasteiger partial charge in [0.15, 0.2) is 0 Å². The Hall–Kier alpha value is -1.51. The molecule has 3 heteroatoms. The Labute approximate surface area is 84.4 Å². The average Bonchev–Trinajstić information content (AvgIpc) is 2.15. The molecule has 0 saturated heterocycles. The molecule has 0 heterocycles. The van der Waals surface area contributed by atoms with E-state index in [2.05, 4.69) is 19.9 Å². The number of rotatable bonds is 4. The zero-order valence-electron chi connectivity index (χ0n) is 8.58. The molecule has 1 rings (SSSR count). The van der Waals surface area contributed by atoms with Crippen LogP contribution in [0.2, 0.25) is 0 Å². The van der Waals surface area contributed by atoms with Gasteiger partial charge in [-0.3, -0.25) is 5.41 Å². The van der Waals surface area contributed by atoms with Gasteiger partial charge in [-0.2, -0.15) is 0 Å². The van der Waals surface area contributed by atoms with E-state index in [9.17, 15) is 0 Å². The highest BCUT2D eigenvalue weighted by atomic mass is 16.5. The molecule has 0 aliphatic rings. The molecule has 0 bridgehead atoms. The van der Waals surface area contributed by atoms with E-state index in [-0.39, 0.29) is 12.4 Å². The highest BCUT2D eigenvalue weighted by Gasteiger charge is 2.00. The SMILES string of the molecule is CC(C)c1cccc(OCC(=N)N)c1. The minimum absolute atomic E-state index is 0.0416. The normalized spacial score (nSPS) is 10.2. The lowest BCUT2D eigenvalue weighted by molar-refractivity contribution is 0.374. The van der Waals surface area contributed by atoms with Crippen molar-refractivity contribution in [2.75, 3.05) is 6.61 Å². The summed E-state index contributed by atoms with van der Waals surface area (Å²) in [5.41, 5.74) is 6.42. The van der Waals surface area contributed by atoms with Gasteiger partial charge < -0.3 is 10.5 Å². The number of hydrogen-bond acceptors (Lipinski definition) is 2. The highest BCUT2D eigenvalue weighted by Crippen LogP contribution is 2.19. The van der Waals surface area contributed by atoms with E-state index in [1.54, 1.807) is 0 Å². The minimum Gasteiger partial charge on any atom is -0.486 e. The molecule has 0 spiro atoms. The molecule has 3 nitrogen and oxygen atoms in total. The molecule has 0 aromatic heterocycles. The molecule has 0 saturated carbocycles. The summed E-state index contributed by atoms with van der Waals surface area (Å²) < 4.78 is 5.31. The zero-order valence-corrected chi connectivity index (χ0v) is 8.58. The molecule has 1 aromatic rings. The predicted molar refractivity (Wildman–Crippen MR) is 57.9 cm³/mol. The van der Waals surface area contributed by atoms with Gasteiger partial charge in [0.1, 0.15) is 18.2 Å². The number of hydrogen-bond donors (Lipinski definition) is 2. The maximum atomic E-state index is 7.03. The average molecular weight is 192 g/mol. The Morgan fingerprint density at radius 1 is 1.50 bits per heavy atom. The van der Waals surface area contributed by atoms with E-state index in [1.807, 2.05) is 18.2 Å². The summed E-state index contributed by atoms with van der Waals surface area (Å²) in [6.07, 6.45) is 0. The molecule has 3 N–H and O–H groups in total. The molecular weight excluding hydrogens is 176 g/mol. The van der Waals surface area contributed by atoms with E-state index in [0.29, 0.717) is 5.92 Å². The summed E-state index contributed by atoms with van der Waals surface area (Å²) in [6.45, 7) is 4.41. The van der Waals surface area contributed by atoms with Crippen LogP contribution in [0, 0.1) is 5.41 Å². The lowest BCUT2D eigenvalue weighted by atomic mass is 10.0. The van der Waals surface area contributed by atoms with Crippen molar-refractivity contribution < 1.29 is 4.74 Å². The molecule has 0 fully saturated rings. The van der Waals surface area contributed by atoms with Crippen LogP contribution in [-0.2, 0) is 0 Å². The third kappa shape index (κ3) is 3.09. The van der Waals surface area contributed by atoms with Crippen LogP contribution in [0.15, 0.2) is 24.3 Å². The zero-order chi connectivity index (χ0) is 10.6. The second-order valence-corrected chi connectivity index (χ2v) is 3.54. The van der Waals surface area contributed by atoms with E-state index in [4.69, 9.17) is 15.9 Å². The van der Waals surface area contributed by atoms with Crippen LogP contribution < -0.4 is 10.5 Å². The summed E-state index contributed by atoms with van der Waals surface area (Å²) in [7, 11) is 0. The van der Waals surface area contributed by atoms with E-state index < -0.39 is 0 Å². The van der Waals surface area contributed by atoms with Crippen molar-refractivity contribution in [2.24, 2.45) is 5.73 Å². The number of ether oxygens (including phenoxy) is 1. The summed E-state index contributed by atoms with van der Waals surface area (Å²) in [6, 6.07) is 7.86. The summed E-state index contributed by atoms with van der Waals surface area (Å²) >= 11 is 0. The quantitative estimate of drug-likeness (QED) is 0.567. The minimum atomic E-state index is 0.0416. The standard InChI is InChI=1S/C11H16N2O/c1-8(2)9-4-3-5-10(6-9)14-7-11(12)13/h3-6,8H,7H2,1-2H3,(H3,12,13). The predicted octanol–water partition coefficient (Wildman–Crippen LogP) is 2.12. The van der Waals surface area contributed by atoms with Gasteiger partial charge in [0, 0.05) is 0 Å². The second-order valence-electron chi connectivity index (χ2n) is 3.54. The monoisotopic (exact) mass is 192 g/mol. The van der Waals surface area contributed by atoms with Crippen molar-refractivity contribution in [3.63, 3.8) is 0 Å². The van der Waals surface area contributed by atoms with Gasteiger partial charge in [-0.1, -0.05) is 26.0 Å². The van der Waals surface area contributed by atoms with E-state index in [1.165, 1.54) is 5.56 Å². The number of nitrogens with two attached hydrogens (primary N) is 1. The van der Waals surface area contributed by atoms with Gasteiger partial charge in [-0.25, -0.2) is 0 Å². The first-order valence-electron chi connectivity index (χ1n) is 4.65. The fourth-order valence-corrected chi connectivity index (χ4v) is 1.12. The molecule has 0 aliphatic carbocycles. The molecule has 0 atom stereocenters. The lowest BCUT2D eigenvalue weighted by Crippen LogP contribution is -2.19. The summed E-state index contributed by atoms with van der Waals surface area (Å²) in [5.74, 6) is 1.29. The summed E-state index contributed by atoms with van der Waals surface area (Å²) in [5, 5.41) is 7.03. The molecule has 0 aliphatic heterocycles. The van der Waals surface area contributed by atoms with Crippen LogP contribution in [0.1, 0.15) is 25.3 Å². The molecule has 0 radical (unpaired) electrons. The Kier molecular flexibility index (Phi) is 3.51. The molecule has 0 unspecified atom stereocenters. The molecule has 0 amide bonds. The van der Waals surface area contributed by atoms with Crippen molar-refractivity contribution in [1.82, 2.24) is 0 Å². The molecule has 14 heavy (non-hydrogen) atoms.